The summed E-state index contributed by atoms with van der Waals surface area (Å²) < 4.78 is 0. The maximum atomic E-state index is 12.1. The molecule has 0 bridgehead atoms. The molecule has 1 aromatic carbocycles. The van der Waals surface area contributed by atoms with Crippen LogP contribution in [0.25, 0.3) is 0 Å². The second kappa shape index (κ2) is 5.97. The maximum Gasteiger partial charge on any atom is 0.185 e. The van der Waals surface area contributed by atoms with Gasteiger partial charge in [-0.25, -0.2) is 4.98 Å². The maximum absolute atomic E-state index is 12.1. The van der Waals surface area contributed by atoms with Gasteiger partial charge < -0.3 is 4.90 Å². The van der Waals surface area contributed by atoms with Gasteiger partial charge in [0.2, 0.25) is 0 Å². The van der Waals surface area contributed by atoms with Gasteiger partial charge in [-0.2, -0.15) is 0 Å². The summed E-state index contributed by atoms with van der Waals surface area (Å²) in [6.07, 6.45) is 0.368. The van der Waals surface area contributed by atoms with Gasteiger partial charge in [-0.05, 0) is 13.8 Å². The molecule has 1 heterocycles. The Labute approximate surface area is 117 Å². The van der Waals surface area contributed by atoms with Crippen molar-refractivity contribution >= 4 is 22.3 Å². The Balaban J connectivity index is 2.06. The Kier molecular flexibility index (Phi) is 4.32. The van der Waals surface area contributed by atoms with Crippen molar-refractivity contribution in [1.29, 1.82) is 0 Å². The first kappa shape index (κ1) is 13.7. The zero-order chi connectivity index (χ0) is 13.8. The fourth-order valence-corrected chi connectivity index (χ4v) is 2.58. The minimum Gasteiger partial charge on any atom is -0.349 e. The SMILES string of the molecule is CC(C)N(C)c1nc(CC(=O)c2ccccc2)cs1. The lowest BCUT2D eigenvalue weighted by molar-refractivity contribution is 0.0992. The minimum absolute atomic E-state index is 0.115. The number of nitrogens with zero attached hydrogens (tertiary/aromatic N) is 2. The molecule has 0 fully saturated rings. The van der Waals surface area contributed by atoms with Crippen LogP contribution < -0.4 is 4.90 Å². The van der Waals surface area contributed by atoms with Crippen molar-refractivity contribution in [3.05, 3.63) is 47.0 Å². The lowest BCUT2D eigenvalue weighted by atomic mass is 10.1. The zero-order valence-electron chi connectivity index (χ0n) is 11.5. The third-order valence-electron chi connectivity index (χ3n) is 3.05. The summed E-state index contributed by atoms with van der Waals surface area (Å²) in [5, 5.41) is 2.93. The summed E-state index contributed by atoms with van der Waals surface area (Å²) in [5.74, 6) is 0.115. The van der Waals surface area contributed by atoms with E-state index in [1.165, 1.54) is 0 Å². The second-order valence-electron chi connectivity index (χ2n) is 4.79. The van der Waals surface area contributed by atoms with Gasteiger partial charge in [-0.1, -0.05) is 30.3 Å². The standard InChI is InChI=1S/C15H18N2OS/c1-11(2)17(3)15-16-13(10-19-15)9-14(18)12-7-5-4-6-8-12/h4-8,10-11H,9H2,1-3H3. The molecule has 0 unspecified atom stereocenters. The number of thiazole rings is 1. The predicted molar refractivity (Wildman–Crippen MR) is 80.1 cm³/mol. The van der Waals surface area contributed by atoms with Crippen molar-refractivity contribution in [1.82, 2.24) is 4.98 Å². The Morgan fingerprint density at radius 1 is 1.32 bits per heavy atom. The largest absolute Gasteiger partial charge is 0.349 e. The average Bonchev–Trinajstić information content (AvgIpc) is 2.87. The molecule has 19 heavy (non-hydrogen) atoms. The summed E-state index contributed by atoms with van der Waals surface area (Å²) >= 11 is 1.59. The molecule has 0 saturated heterocycles. The van der Waals surface area contributed by atoms with E-state index in [1.807, 2.05) is 42.8 Å². The van der Waals surface area contributed by atoms with E-state index in [4.69, 9.17) is 0 Å². The van der Waals surface area contributed by atoms with Crippen molar-refractivity contribution in [2.75, 3.05) is 11.9 Å². The molecule has 2 rings (SSSR count). The molecule has 0 saturated carbocycles. The third kappa shape index (κ3) is 3.41. The smallest absolute Gasteiger partial charge is 0.185 e. The van der Waals surface area contributed by atoms with Gasteiger partial charge in [0.25, 0.3) is 0 Å². The number of carbonyl (C=O) groups is 1. The fraction of sp³-hybridized carbons (Fsp3) is 0.333. The number of aromatic nitrogens is 1. The van der Waals surface area contributed by atoms with Crippen LogP contribution in [0.5, 0.6) is 0 Å². The van der Waals surface area contributed by atoms with E-state index in [9.17, 15) is 4.79 Å². The number of anilines is 1. The monoisotopic (exact) mass is 274 g/mol. The number of ketones is 1. The minimum atomic E-state index is 0.115. The number of hydrogen-bond acceptors (Lipinski definition) is 4. The van der Waals surface area contributed by atoms with Gasteiger partial charge in [0.1, 0.15) is 0 Å². The van der Waals surface area contributed by atoms with Crippen molar-refractivity contribution < 1.29 is 4.79 Å². The summed E-state index contributed by atoms with van der Waals surface area (Å²) in [4.78, 5) is 18.7. The van der Waals surface area contributed by atoms with Crippen LogP contribution in [0.15, 0.2) is 35.7 Å². The highest BCUT2D eigenvalue weighted by Gasteiger charge is 2.13. The molecular formula is C15H18N2OS. The van der Waals surface area contributed by atoms with Crippen LogP contribution >= 0.6 is 11.3 Å². The van der Waals surface area contributed by atoms with Gasteiger partial charge in [0, 0.05) is 24.0 Å². The van der Waals surface area contributed by atoms with E-state index in [0.29, 0.717) is 12.5 Å². The van der Waals surface area contributed by atoms with Gasteiger partial charge in [-0.15, -0.1) is 11.3 Å². The number of Topliss-reactive ketones (excluding diaryl/α,β-unsaturated/α-hetero) is 1. The first-order valence-corrected chi connectivity index (χ1v) is 7.21. The van der Waals surface area contributed by atoms with Crippen LogP contribution in [0.2, 0.25) is 0 Å². The van der Waals surface area contributed by atoms with E-state index >= 15 is 0 Å². The first-order chi connectivity index (χ1) is 9.08. The highest BCUT2D eigenvalue weighted by Crippen LogP contribution is 2.21. The molecule has 0 N–H and O–H groups in total. The van der Waals surface area contributed by atoms with Crippen LogP contribution in [-0.4, -0.2) is 23.9 Å². The molecule has 1 aromatic heterocycles. The van der Waals surface area contributed by atoms with E-state index in [2.05, 4.69) is 23.7 Å². The lowest BCUT2D eigenvalue weighted by Gasteiger charge is -2.19. The van der Waals surface area contributed by atoms with Crippen LogP contribution in [0.4, 0.5) is 5.13 Å². The van der Waals surface area contributed by atoms with Crippen LogP contribution in [0.3, 0.4) is 0 Å². The molecule has 0 aliphatic heterocycles. The molecule has 4 heteroatoms. The van der Waals surface area contributed by atoms with Crippen LogP contribution in [0, 0.1) is 0 Å². The molecule has 0 atom stereocenters. The Hall–Kier alpha value is -1.68. The van der Waals surface area contributed by atoms with Gasteiger partial charge in [-0.3, -0.25) is 4.79 Å². The Morgan fingerprint density at radius 2 is 2.00 bits per heavy atom. The van der Waals surface area contributed by atoms with E-state index < -0.39 is 0 Å². The highest BCUT2D eigenvalue weighted by molar-refractivity contribution is 7.13. The summed E-state index contributed by atoms with van der Waals surface area (Å²) in [6.45, 7) is 4.24. The normalized spacial score (nSPS) is 10.7. The van der Waals surface area contributed by atoms with Gasteiger partial charge in [0.15, 0.2) is 10.9 Å². The Morgan fingerprint density at radius 3 is 2.63 bits per heavy atom. The lowest BCUT2D eigenvalue weighted by Crippen LogP contribution is -2.25. The zero-order valence-corrected chi connectivity index (χ0v) is 12.3. The summed E-state index contributed by atoms with van der Waals surface area (Å²) in [5.41, 5.74) is 1.59. The quantitative estimate of drug-likeness (QED) is 0.783. The Bertz CT molecular complexity index is 548. The van der Waals surface area contributed by atoms with E-state index in [-0.39, 0.29) is 5.78 Å². The number of rotatable bonds is 5. The third-order valence-corrected chi connectivity index (χ3v) is 4.03. The van der Waals surface area contributed by atoms with Crippen molar-refractivity contribution in [3.63, 3.8) is 0 Å². The van der Waals surface area contributed by atoms with Crippen LogP contribution in [-0.2, 0) is 6.42 Å². The summed E-state index contributed by atoms with van der Waals surface area (Å²) in [7, 11) is 2.02. The van der Waals surface area contributed by atoms with Crippen molar-refractivity contribution in [3.8, 4) is 0 Å². The van der Waals surface area contributed by atoms with Gasteiger partial charge in [0.05, 0.1) is 12.1 Å². The fourth-order valence-electron chi connectivity index (χ4n) is 1.65. The van der Waals surface area contributed by atoms with E-state index in [0.717, 1.165) is 16.4 Å². The molecule has 0 aliphatic carbocycles. The second-order valence-corrected chi connectivity index (χ2v) is 5.63. The molecule has 3 nitrogen and oxygen atoms in total. The number of benzene rings is 1. The average molecular weight is 274 g/mol. The predicted octanol–water partition coefficient (Wildman–Crippen LogP) is 3.41. The first-order valence-electron chi connectivity index (χ1n) is 6.33. The molecule has 100 valence electrons. The molecule has 0 spiro atoms. The molecule has 0 amide bonds. The highest BCUT2D eigenvalue weighted by atomic mass is 32.1. The molecule has 2 aromatic rings. The van der Waals surface area contributed by atoms with E-state index in [1.54, 1.807) is 11.3 Å². The van der Waals surface area contributed by atoms with Crippen LogP contribution in [0.1, 0.15) is 29.9 Å². The van der Waals surface area contributed by atoms with Crippen molar-refractivity contribution in [2.45, 2.75) is 26.3 Å². The molecular weight excluding hydrogens is 256 g/mol. The van der Waals surface area contributed by atoms with Crippen molar-refractivity contribution in [2.24, 2.45) is 0 Å². The molecule has 0 aliphatic rings. The number of carbonyl (C=O) groups excluding carboxylic acids is 1. The molecule has 0 radical (unpaired) electrons. The van der Waals surface area contributed by atoms with Gasteiger partial charge >= 0.3 is 0 Å². The number of hydrogen-bond donors (Lipinski definition) is 0. The summed E-state index contributed by atoms with van der Waals surface area (Å²) in [6, 6.07) is 9.77. The topological polar surface area (TPSA) is 33.2 Å².